The van der Waals surface area contributed by atoms with Gasteiger partial charge in [-0.05, 0) is 73.9 Å². The summed E-state index contributed by atoms with van der Waals surface area (Å²) >= 11 is 0. The molecule has 0 bridgehead atoms. The molecule has 1 aliphatic carbocycles. The number of carbonyl (C=O) groups is 1. The van der Waals surface area contributed by atoms with Crippen molar-refractivity contribution >= 4 is 11.6 Å². The molecule has 2 aromatic rings. The SMILES string of the molecule is C/C=C\C(=C/C)Nc1ccc2c(c1)C(=O)N(CC(C)CN1CCc3ccccc3C1)CC21CC1. The van der Waals surface area contributed by atoms with Crippen molar-refractivity contribution in [1.82, 2.24) is 9.80 Å². The van der Waals surface area contributed by atoms with E-state index in [-0.39, 0.29) is 11.3 Å². The van der Waals surface area contributed by atoms with Crippen molar-refractivity contribution in [3.63, 3.8) is 0 Å². The highest BCUT2D eigenvalue weighted by Crippen LogP contribution is 2.52. The molecular weight excluding hydrogens is 418 g/mol. The quantitative estimate of drug-likeness (QED) is 0.539. The van der Waals surface area contributed by atoms with Gasteiger partial charge in [0, 0.05) is 55.1 Å². The van der Waals surface area contributed by atoms with Gasteiger partial charge in [-0.15, -0.1) is 0 Å². The van der Waals surface area contributed by atoms with E-state index in [0.29, 0.717) is 5.92 Å². The maximum atomic E-state index is 13.6. The van der Waals surface area contributed by atoms with Crippen molar-refractivity contribution in [2.45, 2.75) is 52.0 Å². The molecule has 2 aromatic carbocycles. The molecule has 34 heavy (non-hydrogen) atoms. The number of fused-ring (bicyclic) bond motifs is 3. The predicted octanol–water partition coefficient (Wildman–Crippen LogP) is 5.76. The zero-order chi connectivity index (χ0) is 23.7. The summed E-state index contributed by atoms with van der Waals surface area (Å²) in [6.45, 7) is 11.2. The number of anilines is 1. The molecule has 178 valence electrons. The first-order chi connectivity index (χ1) is 16.5. The predicted molar refractivity (Wildman–Crippen MR) is 140 cm³/mol. The monoisotopic (exact) mass is 455 g/mol. The van der Waals surface area contributed by atoms with Crippen molar-refractivity contribution in [2.75, 3.05) is 31.5 Å². The van der Waals surface area contributed by atoms with Crippen molar-refractivity contribution in [1.29, 1.82) is 0 Å². The highest BCUT2D eigenvalue weighted by molar-refractivity contribution is 5.99. The third-order valence-electron chi connectivity index (χ3n) is 7.71. The van der Waals surface area contributed by atoms with Gasteiger partial charge in [0.15, 0.2) is 0 Å². The van der Waals surface area contributed by atoms with Crippen molar-refractivity contribution in [3.8, 4) is 0 Å². The minimum atomic E-state index is 0.179. The number of allylic oxidation sites excluding steroid dienone is 3. The Balaban J connectivity index is 1.28. The van der Waals surface area contributed by atoms with E-state index in [1.54, 1.807) is 0 Å². The average molecular weight is 456 g/mol. The van der Waals surface area contributed by atoms with E-state index in [9.17, 15) is 4.79 Å². The van der Waals surface area contributed by atoms with Crippen molar-refractivity contribution in [2.24, 2.45) is 5.92 Å². The molecule has 5 rings (SSSR count). The van der Waals surface area contributed by atoms with E-state index in [1.165, 1.54) is 29.5 Å². The molecule has 0 aromatic heterocycles. The summed E-state index contributed by atoms with van der Waals surface area (Å²) in [5, 5.41) is 3.46. The van der Waals surface area contributed by atoms with Crippen LogP contribution in [0, 0.1) is 5.92 Å². The van der Waals surface area contributed by atoms with Crippen LogP contribution in [0.5, 0.6) is 0 Å². The number of amides is 1. The fourth-order valence-electron chi connectivity index (χ4n) is 5.82. The van der Waals surface area contributed by atoms with E-state index < -0.39 is 0 Å². The number of hydrogen-bond donors (Lipinski definition) is 1. The minimum absolute atomic E-state index is 0.179. The smallest absolute Gasteiger partial charge is 0.254 e. The summed E-state index contributed by atoms with van der Waals surface area (Å²) in [6, 6.07) is 15.2. The average Bonchev–Trinajstić information content (AvgIpc) is 3.62. The molecular formula is C30H37N3O. The van der Waals surface area contributed by atoms with Crippen LogP contribution in [0.4, 0.5) is 5.69 Å². The molecule has 1 fully saturated rings. The Morgan fingerprint density at radius 2 is 1.91 bits per heavy atom. The Bertz CT molecular complexity index is 1130. The maximum Gasteiger partial charge on any atom is 0.254 e. The first-order valence-corrected chi connectivity index (χ1v) is 12.8. The number of rotatable bonds is 7. The van der Waals surface area contributed by atoms with Crippen molar-refractivity contribution in [3.05, 3.63) is 88.6 Å². The topological polar surface area (TPSA) is 35.6 Å². The van der Waals surface area contributed by atoms with Crippen LogP contribution >= 0.6 is 0 Å². The number of nitrogens with zero attached hydrogens (tertiary/aromatic N) is 2. The van der Waals surface area contributed by atoms with E-state index in [0.717, 1.165) is 56.1 Å². The van der Waals surface area contributed by atoms with Crippen LogP contribution in [-0.2, 0) is 18.4 Å². The van der Waals surface area contributed by atoms with Gasteiger partial charge >= 0.3 is 0 Å². The second-order valence-corrected chi connectivity index (χ2v) is 10.5. The van der Waals surface area contributed by atoms with E-state index >= 15 is 0 Å². The van der Waals surface area contributed by atoms with E-state index in [1.807, 2.05) is 19.9 Å². The minimum Gasteiger partial charge on any atom is -0.356 e. The summed E-state index contributed by atoms with van der Waals surface area (Å²) < 4.78 is 0. The molecule has 1 spiro atoms. The van der Waals surface area contributed by atoms with Gasteiger partial charge in [-0.3, -0.25) is 9.69 Å². The molecule has 1 saturated carbocycles. The first kappa shape index (κ1) is 22.9. The van der Waals surface area contributed by atoms with E-state index in [2.05, 4.69) is 76.7 Å². The Kier molecular flexibility index (Phi) is 6.35. The second-order valence-electron chi connectivity index (χ2n) is 10.5. The molecule has 0 radical (unpaired) electrons. The van der Waals surface area contributed by atoms with Crippen LogP contribution in [0.25, 0.3) is 0 Å². The molecule has 3 aliphatic rings. The summed E-state index contributed by atoms with van der Waals surface area (Å²) in [5.74, 6) is 0.636. The van der Waals surface area contributed by atoms with Crippen molar-refractivity contribution < 1.29 is 4.79 Å². The molecule has 4 nitrogen and oxygen atoms in total. The fraction of sp³-hybridized carbons (Fsp3) is 0.433. The maximum absolute atomic E-state index is 13.6. The Morgan fingerprint density at radius 3 is 2.65 bits per heavy atom. The Hall–Kier alpha value is -2.85. The standard InChI is InChI=1S/C30H37N3O/c1-4-8-25(5-2)31-26-11-12-28-27(17-26)29(34)33(21-30(28)14-15-30)19-22(3)18-32-16-13-23-9-6-7-10-24(23)20-32/h4-12,17,22,31H,13-16,18-21H2,1-3H3/b8-4-,25-5+. The summed E-state index contributed by atoms with van der Waals surface area (Å²) in [7, 11) is 0. The van der Waals surface area contributed by atoms with Gasteiger partial charge in [-0.1, -0.05) is 49.4 Å². The van der Waals surface area contributed by atoms with Crippen LogP contribution in [0.2, 0.25) is 0 Å². The number of nitrogens with one attached hydrogen (secondary N) is 1. The Labute approximate surface area is 204 Å². The Morgan fingerprint density at radius 1 is 1.12 bits per heavy atom. The lowest BCUT2D eigenvalue weighted by Crippen LogP contribution is -2.47. The normalized spacial score (nSPS) is 20.4. The molecule has 4 heteroatoms. The number of carbonyl (C=O) groups excluding carboxylic acids is 1. The zero-order valence-corrected chi connectivity index (χ0v) is 20.8. The lowest BCUT2D eigenvalue weighted by Gasteiger charge is -2.38. The summed E-state index contributed by atoms with van der Waals surface area (Å²) in [5.41, 5.74) is 7.30. The first-order valence-electron chi connectivity index (χ1n) is 12.8. The highest BCUT2D eigenvalue weighted by atomic mass is 16.2. The lowest BCUT2D eigenvalue weighted by atomic mass is 9.85. The van der Waals surface area contributed by atoms with E-state index in [4.69, 9.17) is 0 Å². The zero-order valence-electron chi connectivity index (χ0n) is 20.8. The molecule has 2 aliphatic heterocycles. The van der Waals surface area contributed by atoms with Crippen LogP contribution in [0.3, 0.4) is 0 Å². The summed E-state index contributed by atoms with van der Waals surface area (Å²) in [4.78, 5) is 18.3. The fourth-order valence-corrected chi connectivity index (χ4v) is 5.82. The van der Waals surface area contributed by atoms with Crippen LogP contribution in [0.15, 0.2) is 66.4 Å². The van der Waals surface area contributed by atoms with Gasteiger partial charge in [0.2, 0.25) is 0 Å². The van der Waals surface area contributed by atoms with Crippen LogP contribution in [0.1, 0.15) is 60.7 Å². The largest absolute Gasteiger partial charge is 0.356 e. The van der Waals surface area contributed by atoms with Gasteiger partial charge in [0.25, 0.3) is 5.91 Å². The molecule has 1 N–H and O–H groups in total. The third-order valence-corrected chi connectivity index (χ3v) is 7.71. The third kappa shape index (κ3) is 4.56. The van der Waals surface area contributed by atoms with Crippen LogP contribution < -0.4 is 5.32 Å². The van der Waals surface area contributed by atoms with Gasteiger partial charge in [-0.2, -0.15) is 0 Å². The second kappa shape index (κ2) is 9.42. The van der Waals surface area contributed by atoms with Crippen LogP contribution in [-0.4, -0.2) is 41.9 Å². The highest BCUT2D eigenvalue weighted by Gasteiger charge is 2.51. The van der Waals surface area contributed by atoms with Gasteiger partial charge in [0.05, 0.1) is 0 Å². The molecule has 2 heterocycles. The number of hydrogen-bond acceptors (Lipinski definition) is 3. The molecule has 1 amide bonds. The number of benzene rings is 2. The van der Waals surface area contributed by atoms with Gasteiger partial charge in [-0.25, -0.2) is 0 Å². The van der Waals surface area contributed by atoms with Gasteiger partial charge in [0.1, 0.15) is 0 Å². The summed E-state index contributed by atoms with van der Waals surface area (Å²) in [6.07, 6.45) is 9.63. The molecule has 1 unspecified atom stereocenters. The molecule has 1 atom stereocenters. The lowest BCUT2D eigenvalue weighted by molar-refractivity contribution is 0.0667. The molecule has 0 saturated heterocycles. The van der Waals surface area contributed by atoms with Gasteiger partial charge < -0.3 is 10.2 Å².